The lowest BCUT2D eigenvalue weighted by Gasteiger charge is -2.03. The molecule has 0 spiro atoms. The van der Waals surface area contributed by atoms with Crippen LogP contribution in [0.25, 0.3) is 65.4 Å². The Balaban J connectivity index is 1.74. The van der Waals surface area contributed by atoms with Crippen molar-refractivity contribution in [2.75, 3.05) is 0 Å². The van der Waals surface area contributed by atoms with Gasteiger partial charge in [0.1, 0.15) is 22.3 Å². The largest absolute Gasteiger partial charge is 0.456 e. The fraction of sp³-hybridized carbons (Fsp3) is 0.0370. The maximum Gasteiger partial charge on any atom is 0.139 e. The minimum atomic E-state index is 0.865. The molecule has 0 bridgehead atoms. The van der Waals surface area contributed by atoms with Gasteiger partial charge in [-0.05, 0) is 52.2 Å². The maximum absolute atomic E-state index is 6.27. The lowest BCUT2D eigenvalue weighted by molar-refractivity contribution is 0.656. The second-order valence-electron chi connectivity index (χ2n) is 7.82. The van der Waals surface area contributed by atoms with Crippen molar-refractivity contribution in [1.82, 2.24) is 0 Å². The standard InChI is InChI=1S/C27H16O2/c1-15-12-25-27(19-9-5-4-7-17(15)19)21-13-20-23(14-24(21)29-25)28-22-11-10-16-6-2-3-8-18(16)26(20)22/h2-14H,1H3. The van der Waals surface area contributed by atoms with Gasteiger partial charge in [0.2, 0.25) is 0 Å². The van der Waals surface area contributed by atoms with Gasteiger partial charge < -0.3 is 8.83 Å². The molecule has 2 heteroatoms. The monoisotopic (exact) mass is 372 g/mol. The number of furan rings is 2. The van der Waals surface area contributed by atoms with E-state index in [-0.39, 0.29) is 0 Å². The summed E-state index contributed by atoms with van der Waals surface area (Å²) in [5.41, 5.74) is 4.80. The minimum Gasteiger partial charge on any atom is -0.456 e. The number of aryl methyl sites for hydroxylation is 1. The molecule has 0 atom stereocenters. The molecule has 0 aliphatic carbocycles. The summed E-state index contributed by atoms with van der Waals surface area (Å²) in [4.78, 5) is 0. The molecule has 0 aliphatic rings. The molecule has 0 fully saturated rings. The van der Waals surface area contributed by atoms with Crippen LogP contribution in [0.15, 0.2) is 87.7 Å². The number of hydrogen-bond donors (Lipinski definition) is 0. The van der Waals surface area contributed by atoms with Gasteiger partial charge in [0.05, 0.1) is 0 Å². The van der Waals surface area contributed by atoms with Gasteiger partial charge in [0.15, 0.2) is 0 Å². The van der Waals surface area contributed by atoms with Crippen LogP contribution in [-0.4, -0.2) is 0 Å². The zero-order valence-corrected chi connectivity index (χ0v) is 15.8. The van der Waals surface area contributed by atoms with Crippen LogP contribution in [0.4, 0.5) is 0 Å². The Kier molecular flexibility index (Phi) is 2.71. The van der Waals surface area contributed by atoms with E-state index in [1.807, 2.05) is 6.07 Å². The normalized spacial score (nSPS) is 12.3. The van der Waals surface area contributed by atoms with Crippen LogP contribution in [0.3, 0.4) is 0 Å². The van der Waals surface area contributed by atoms with E-state index in [2.05, 4.69) is 79.7 Å². The number of fused-ring (bicyclic) bond motifs is 10. The molecule has 0 saturated carbocycles. The fourth-order valence-corrected chi connectivity index (χ4v) is 4.85. The van der Waals surface area contributed by atoms with Crippen LogP contribution in [-0.2, 0) is 0 Å². The average molecular weight is 372 g/mol. The van der Waals surface area contributed by atoms with E-state index in [1.54, 1.807) is 0 Å². The summed E-state index contributed by atoms with van der Waals surface area (Å²) in [5.74, 6) is 0. The van der Waals surface area contributed by atoms with Crippen LogP contribution in [0.2, 0.25) is 0 Å². The fourth-order valence-electron chi connectivity index (χ4n) is 4.85. The van der Waals surface area contributed by atoms with Crippen molar-refractivity contribution in [1.29, 1.82) is 0 Å². The lowest BCUT2D eigenvalue weighted by Crippen LogP contribution is -1.79. The highest BCUT2D eigenvalue weighted by atomic mass is 16.3. The van der Waals surface area contributed by atoms with Crippen molar-refractivity contribution in [3.63, 3.8) is 0 Å². The van der Waals surface area contributed by atoms with E-state index in [1.165, 1.54) is 37.9 Å². The zero-order chi connectivity index (χ0) is 19.1. The van der Waals surface area contributed by atoms with E-state index in [0.717, 1.165) is 33.1 Å². The molecule has 2 heterocycles. The third kappa shape index (κ3) is 1.91. The average Bonchev–Trinajstić information content (AvgIpc) is 3.29. The molecule has 7 aromatic rings. The van der Waals surface area contributed by atoms with Gasteiger partial charge in [0, 0.05) is 27.6 Å². The van der Waals surface area contributed by atoms with Crippen LogP contribution < -0.4 is 0 Å². The van der Waals surface area contributed by atoms with Crippen molar-refractivity contribution >= 4 is 65.4 Å². The Morgan fingerprint density at radius 1 is 0.483 bits per heavy atom. The molecule has 0 amide bonds. The van der Waals surface area contributed by atoms with E-state index in [9.17, 15) is 0 Å². The number of benzene rings is 5. The molecule has 0 radical (unpaired) electrons. The number of rotatable bonds is 0. The summed E-state index contributed by atoms with van der Waals surface area (Å²) < 4.78 is 12.5. The Hall–Kier alpha value is -3.78. The molecule has 0 unspecified atom stereocenters. The smallest absolute Gasteiger partial charge is 0.139 e. The van der Waals surface area contributed by atoms with Crippen molar-refractivity contribution in [3.8, 4) is 0 Å². The molecule has 7 rings (SSSR count). The summed E-state index contributed by atoms with van der Waals surface area (Å²) in [5, 5.41) is 9.57. The lowest BCUT2D eigenvalue weighted by atomic mass is 9.98. The van der Waals surface area contributed by atoms with E-state index in [4.69, 9.17) is 8.83 Å². The van der Waals surface area contributed by atoms with Gasteiger partial charge in [-0.3, -0.25) is 0 Å². The van der Waals surface area contributed by atoms with Gasteiger partial charge in [-0.1, -0.05) is 54.6 Å². The van der Waals surface area contributed by atoms with Gasteiger partial charge in [0.25, 0.3) is 0 Å². The van der Waals surface area contributed by atoms with E-state index in [0.29, 0.717) is 0 Å². The third-order valence-electron chi connectivity index (χ3n) is 6.17. The molecule has 136 valence electrons. The highest BCUT2D eigenvalue weighted by molar-refractivity contribution is 6.25. The second-order valence-corrected chi connectivity index (χ2v) is 7.82. The first-order valence-corrected chi connectivity index (χ1v) is 9.86. The van der Waals surface area contributed by atoms with Gasteiger partial charge in [-0.2, -0.15) is 0 Å². The zero-order valence-electron chi connectivity index (χ0n) is 15.8. The summed E-state index contributed by atoms with van der Waals surface area (Å²) in [6, 6.07) is 27.7. The highest BCUT2D eigenvalue weighted by Crippen LogP contribution is 2.41. The third-order valence-corrected chi connectivity index (χ3v) is 6.17. The molecule has 2 aromatic heterocycles. The topological polar surface area (TPSA) is 26.3 Å². The Morgan fingerprint density at radius 3 is 1.97 bits per heavy atom. The second kappa shape index (κ2) is 5.18. The molecular formula is C27H16O2. The summed E-state index contributed by atoms with van der Waals surface area (Å²) in [6.45, 7) is 2.14. The van der Waals surface area contributed by atoms with E-state index < -0.39 is 0 Å². The molecule has 0 N–H and O–H groups in total. The summed E-state index contributed by atoms with van der Waals surface area (Å²) >= 11 is 0. The van der Waals surface area contributed by atoms with Gasteiger partial charge in [-0.15, -0.1) is 0 Å². The molecule has 2 nitrogen and oxygen atoms in total. The van der Waals surface area contributed by atoms with Crippen LogP contribution >= 0.6 is 0 Å². The molecule has 0 saturated heterocycles. The van der Waals surface area contributed by atoms with Crippen LogP contribution in [0, 0.1) is 6.92 Å². The first kappa shape index (κ1) is 15.2. The van der Waals surface area contributed by atoms with Gasteiger partial charge >= 0.3 is 0 Å². The quantitative estimate of drug-likeness (QED) is 0.269. The van der Waals surface area contributed by atoms with Crippen molar-refractivity contribution in [2.45, 2.75) is 6.92 Å². The highest BCUT2D eigenvalue weighted by Gasteiger charge is 2.17. The van der Waals surface area contributed by atoms with Crippen LogP contribution in [0.5, 0.6) is 0 Å². The molecule has 5 aromatic carbocycles. The predicted octanol–water partition coefficient (Wildman–Crippen LogP) is 8.10. The summed E-state index contributed by atoms with van der Waals surface area (Å²) in [7, 11) is 0. The van der Waals surface area contributed by atoms with Crippen molar-refractivity contribution < 1.29 is 8.83 Å². The molecular weight excluding hydrogens is 356 g/mol. The van der Waals surface area contributed by atoms with Crippen molar-refractivity contribution in [2.24, 2.45) is 0 Å². The molecule has 0 aliphatic heterocycles. The Labute approximate surface area is 165 Å². The van der Waals surface area contributed by atoms with Crippen molar-refractivity contribution in [3.05, 3.63) is 84.4 Å². The molecule has 29 heavy (non-hydrogen) atoms. The van der Waals surface area contributed by atoms with Crippen LogP contribution in [0.1, 0.15) is 5.56 Å². The number of hydrogen-bond acceptors (Lipinski definition) is 2. The van der Waals surface area contributed by atoms with E-state index >= 15 is 0 Å². The first-order valence-electron chi connectivity index (χ1n) is 9.86. The predicted molar refractivity (Wildman–Crippen MR) is 121 cm³/mol. The minimum absolute atomic E-state index is 0.865. The SMILES string of the molecule is Cc1cc2oc3cc4oc5ccc6ccccc6c5c4cc3c2c2ccccc12. The summed E-state index contributed by atoms with van der Waals surface area (Å²) in [6.07, 6.45) is 0. The Morgan fingerprint density at radius 2 is 1.14 bits per heavy atom. The Bertz CT molecular complexity index is 1760. The van der Waals surface area contributed by atoms with Gasteiger partial charge in [-0.25, -0.2) is 0 Å². The maximum atomic E-state index is 6.27. The first-order chi connectivity index (χ1) is 14.3.